The maximum absolute atomic E-state index is 12.5. The topological polar surface area (TPSA) is 34.1 Å². The lowest BCUT2D eigenvalue weighted by molar-refractivity contribution is 0.0817. The van der Waals surface area contributed by atoms with Crippen molar-refractivity contribution in [3.8, 4) is 0 Å². The van der Waals surface area contributed by atoms with Crippen LogP contribution in [0.5, 0.6) is 0 Å². The predicted octanol–water partition coefficient (Wildman–Crippen LogP) is 4.64. The standard InChI is InChI=1S/C24H20O2/c25-23-21-13-7-17(8-14-21)5-11-19-3-1-2-4-20(19)12-6-18-9-15-22(16-10-18)24(23)26/h1-4,7-10,13-16H,5-6,11-12H2. The van der Waals surface area contributed by atoms with Crippen LogP contribution in [0.3, 0.4) is 0 Å². The number of benzene rings is 3. The second-order valence-corrected chi connectivity index (χ2v) is 6.82. The molecule has 0 N–H and O–H groups in total. The third kappa shape index (κ3) is 3.36. The molecule has 26 heavy (non-hydrogen) atoms. The lowest BCUT2D eigenvalue weighted by Gasteiger charge is -2.11. The van der Waals surface area contributed by atoms with Crippen LogP contribution in [-0.2, 0) is 25.7 Å². The normalized spacial score (nSPS) is 14.5. The molecule has 4 bridgehead atoms. The van der Waals surface area contributed by atoms with Gasteiger partial charge in [0.25, 0.3) is 0 Å². The molecule has 0 radical (unpaired) electrons. The van der Waals surface area contributed by atoms with E-state index in [1.54, 1.807) is 24.3 Å². The summed E-state index contributed by atoms with van der Waals surface area (Å²) in [7, 11) is 0. The van der Waals surface area contributed by atoms with Gasteiger partial charge in [-0.05, 0) is 47.9 Å². The quantitative estimate of drug-likeness (QED) is 0.559. The van der Waals surface area contributed by atoms with Gasteiger partial charge >= 0.3 is 0 Å². The average molecular weight is 340 g/mol. The fraction of sp³-hybridized carbons (Fsp3) is 0.167. The van der Waals surface area contributed by atoms with E-state index >= 15 is 0 Å². The van der Waals surface area contributed by atoms with Crippen molar-refractivity contribution in [2.24, 2.45) is 0 Å². The summed E-state index contributed by atoms with van der Waals surface area (Å²) in [4.78, 5) is 24.9. The van der Waals surface area contributed by atoms with E-state index in [2.05, 4.69) is 24.3 Å². The molecule has 4 aliphatic rings. The van der Waals surface area contributed by atoms with E-state index in [9.17, 15) is 9.59 Å². The van der Waals surface area contributed by atoms with Gasteiger partial charge in [0.15, 0.2) is 0 Å². The van der Waals surface area contributed by atoms with Crippen LogP contribution in [0.15, 0.2) is 72.8 Å². The molecule has 0 aromatic heterocycles. The fourth-order valence-electron chi connectivity index (χ4n) is 3.51. The summed E-state index contributed by atoms with van der Waals surface area (Å²) >= 11 is 0. The van der Waals surface area contributed by atoms with Crippen LogP contribution in [0.4, 0.5) is 0 Å². The zero-order valence-corrected chi connectivity index (χ0v) is 14.6. The van der Waals surface area contributed by atoms with Crippen molar-refractivity contribution in [3.05, 3.63) is 106 Å². The minimum atomic E-state index is -0.443. The fourth-order valence-corrected chi connectivity index (χ4v) is 3.51. The van der Waals surface area contributed by atoms with E-state index in [0.29, 0.717) is 11.1 Å². The van der Waals surface area contributed by atoms with Crippen LogP contribution in [-0.4, -0.2) is 11.6 Å². The lowest BCUT2D eigenvalue weighted by Crippen LogP contribution is -2.14. The summed E-state index contributed by atoms with van der Waals surface area (Å²) in [5.74, 6) is -0.886. The van der Waals surface area contributed by atoms with Crippen LogP contribution in [0.25, 0.3) is 0 Å². The van der Waals surface area contributed by atoms with Crippen molar-refractivity contribution in [2.45, 2.75) is 25.7 Å². The molecule has 0 atom stereocenters. The predicted molar refractivity (Wildman–Crippen MR) is 103 cm³/mol. The highest BCUT2D eigenvalue weighted by Crippen LogP contribution is 2.18. The molecule has 0 saturated heterocycles. The molecule has 0 fully saturated rings. The summed E-state index contributed by atoms with van der Waals surface area (Å²) in [6.45, 7) is 0. The summed E-state index contributed by atoms with van der Waals surface area (Å²) in [5.41, 5.74) is 6.03. The largest absolute Gasteiger partial charge is 0.285 e. The molecule has 2 heteroatoms. The van der Waals surface area contributed by atoms with E-state index in [0.717, 1.165) is 25.7 Å². The van der Waals surface area contributed by atoms with E-state index in [4.69, 9.17) is 0 Å². The van der Waals surface area contributed by atoms with Gasteiger partial charge in [-0.15, -0.1) is 0 Å². The number of ketones is 2. The minimum Gasteiger partial charge on any atom is -0.285 e. The van der Waals surface area contributed by atoms with E-state index in [1.807, 2.05) is 24.3 Å². The first-order chi connectivity index (χ1) is 12.7. The van der Waals surface area contributed by atoms with Gasteiger partial charge in [-0.25, -0.2) is 0 Å². The molecular formula is C24H20O2. The molecule has 0 amide bonds. The van der Waals surface area contributed by atoms with Crippen LogP contribution < -0.4 is 0 Å². The Bertz CT molecular complexity index is 870. The van der Waals surface area contributed by atoms with Crippen molar-refractivity contribution in [3.63, 3.8) is 0 Å². The number of rotatable bonds is 0. The lowest BCUT2D eigenvalue weighted by atomic mass is 9.93. The van der Waals surface area contributed by atoms with Crippen LogP contribution in [0, 0.1) is 0 Å². The second-order valence-electron chi connectivity index (χ2n) is 6.82. The Labute approximate surface area is 153 Å². The number of carbonyl (C=O) groups excluding carboxylic acids is 2. The third-order valence-electron chi connectivity index (χ3n) is 5.12. The summed E-state index contributed by atoms with van der Waals surface area (Å²) in [6.07, 6.45) is 3.79. The summed E-state index contributed by atoms with van der Waals surface area (Å²) in [6, 6.07) is 23.5. The highest BCUT2D eigenvalue weighted by Gasteiger charge is 2.18. The zero-order chi connectivity index (χ0) is 17.9. The first-order valence-corrected chi connectivity index (χ1v) is 9.04. The first kappa shape index (κ1) is 16.5. The van der Waals surface area contributed by atoms with Gasteiger partial charge in [0, 0.05) is 11.1 Å². The van der Waals surface area contributed by atoms with Crippen LogP contribution >= 0.6 is 0 Å². The highest BCUT2D eigenvalue weighted by atomic mass is 16.2. The van der Waals surface area contributed by atoms with Gasteiger partial charge in [0.1, 0.15) is 0 Å². The average Bonchev–Trinajstić information content (AvgIpc) is 2.70. The Balaban J connectivity index is 1.74. The van der Waals surface area contributed by atoms with Gasteiger partial charge in [0.2, 0.25) is 11.6 Å². The van der Waals surface area contributed by atoms with E-state index < -0.39 is 11.6 Å². The Morgan fingerprint density at radius 1 is 0.462 bits per heavy atom. The van der Waals surface area contributed by atoms with Gasteiger partial charge in [-0.3, -0.25) is 9.59 Å². The molecule has 0 spiro atoms. The Hall–Kier alpha value is -3.00. The van der Waals surface area contributed by atoms with Crippen molar-refractivity contribution >= 4 is 11.6 Å². The van der Waals surface area contributed by atoms with Crippen LogP contribution in [0.2, 0.25) is 0 Å². The maximum atomic E-state index is 12.5. The van der Waals surface area contributed by atoms with Gasteiger partial charge < -0.3 is 0 Å². The molecule has 2 nitrogen and oxygen atoms in total. The second kappa shape index (κ2) is 7.09. The van der Waals surface area contributed by atoms with Crippen molar-refractivity contribution in [2.75, 3.05) is 0 Å². The third-order valence-corrected chi connectivity index (χ3v) is 5.12. The molecule has 0 aliphatic heterocycles. The molecule has 7 rings (SSSR count). The van der Waals surface area contributed by atoms with Gasteiger partial charge in [-0.1, -0.05) is 72.8 Å². The number of hydrogen-bond acceptors (Lipinski definition) is 2. The summed E-state index contributed by atoms with van der Waals surface area (Å²) < 4.78 is 0. The van der Waals surface area contributed by atoms with Crippen molar-refractivity contribution in [1.29, 1.82) is 0 Å². The molecule has 3 aromatic carbocycles. The summed E-state index contributed by atoms with van der Waals surface area (Å²) in [5, 5.41) is 0. The number of aryl methyl sites for hydroxylation is 4. The number of hydrogen-bond donors (Lipinski definition) is 0. The molecule has 0 heterocycles. The molecule has 3 aromatic rings. The molecule has 0 unspecified atom stereocenters. The number of carbonyl (C=O) groups is 2. The van der Waals surface area contributed by atoms with E-state index in [-0.39, 0.29) is 0 Å². The zero-order valence-electron chi connectivity index (χ0n) is 14.6. The van der Waals surface area contributed by atoms with Crippen LogP contribution in [0.1, 0.15) is 43.0 Å². The van der Waals surface area contributed by atoms with Crippen molar-refractivity contribution in [1.82, 2.24) is 0 Å². The van der Waals surface area contributed by atoms with Gasteiger partial charge in [0.05, 0.1) is 0 Å². The molecule has 4 aliphatic carbocycles. The SMILES string of the molecule is O=C1C(=O)c2ccc(cc2)CCc2ccccc2CCc2ccc1cc2. The number of Topliss-reactive ketones (excluding diaryl/α,β-unsaturated/α-hetero) is 2. The monoisotopic (exact) mass is 340 g/mol. The van der Waals surface area contributed by atoms with Gasteiger partial charge in [-0.2, -0.15) is 0 Å². The Morgan fingerprint density at radius 2 is 0.846 bits per heavy atom. The Morgan fingerprint density at radius 3 is 1.23 bits per heavy atom. The maximum Gasteiger partial charge on any atom is 0.233 e. The molecule has 0 saturated carbocycles. The van der Waals surface area contributed by atoms with E-state index in [1.165, 1.54) is 22.3 Å². The molecule has 128 valence electrons. The first-order valence-electron chi connectivity index (χ1n) is 9.04. The molecular weight excluding hydrogens is 320 g/mol. The highest BCUT2D eigenvalue weighted by molar-refractivity contribution is 6.49. The van der Waals surface area contributed by atoms with Crippen molar-refractivity contribution < 1.29 is 9.59 Å². The minimum absolute atomic E-state index is 0.443. The smallest absolute Gasteiger partial charge is 0.233 e. The Kier molecular flexibility index (Phi) is 4.49.